The molecular weight excluding hydrogens is 235 g/mol. The number of unbranched alkanes of at least 4 members (excludes halogenated alkanes) is 2. The van der Waals surface area contributed by atoms with Crippen LogP contribution in [0.25, 0.3) is 0 Å². The zero-order valence-electron chi connectivity index (χ0n) is 9.61. The number of halogens is 2. The Hall–Kier alpha value is 0.757. The molecule has 0 bridgehead atoms. The van der Waals surface area contributed by atoms with Crippen LogP contribution in [-0.4, -0.2) is 23.2 Å². The summed E-state index contributed by atoms with van der Waals surface area (Å²) in [5.41, 5.74) is 0. The lowest BCUT2D eigenvalue weighted by molar-refractivity contribution is 0.162. The molecule has 1 unspecified atom stereocenters. The van der Waals surface area contributed by atoms with Crippen LogP contribution in [0.3, 0.4) is 0 Å². The van der Waals surface area contributed by atoms with Gasteiger partial charge in [0.1, 0.15) is 3.96 Å². The maximum Gasteiger partial charge on any atom is 0.132 e. The summed E-state index contributed by atoms with van der Waals surface area (Å²) in [5.74, 6) is 0. The summed E-state index contributed by atoms with van der Waals surface area (Å²) in [6.45, 7) is 8.38. The SMILES string of the molecule is CCCCCC(O)C(Cl)(Cl)[Si](C)(C)C. The second-order valence-electron chi connectivity index (χ2n) is 4.88. The first kappa shape index (κ1) is 14.8. The third-order valence-corrected chi connectivity index (χ3v) is 8.74. The molecule has 0 aliphatic heterocycles. The fourth-order valence-electron chi connectivity index (χ4n) is 1.27. The van der Waals surface area contributed by atoms with Crippen molar-refractivity contribution in [1.82, 2.24) is 0 Å². The number of alkyl halides is 2. The summed E-state index contributed by atoms with van der Waals surface area (Å²) in [6.07, 6.45) is 3.42. The molecule has 0 saturated heterocycles. The van der Waals surface area contributed by atoms with Crippen molar-refractivity contribution in [2.45, 2.75) is 62.3 Å². The minimum Gasteiger partial charge on any atom is -0.390 e. The Kier molecular flexibility index (Phi) is 6.05. The van der Waals surface area contributed by atoms with Crippen molar-refractivity contribution in [1.29, 1.82) is 0 Å². The first-order valence-electron chi connectivity index (χ1n) is 5.29. The highest BCUT2D eigenvalue weighted by Crippen LogP contribution is 2.37. The van der Waals surface area contributed by atoms with Crippen LogP contribution in [0.15, 0.2) is 0 Å². The van der Waals surface area contributed by atoms with Crippen LogP contribution in [0.1, 0.15) is 32.6 Å². The smallest absolute Gasteiger partial charge is 0.132 e. The fourth-order valence-corrected chi connectivity index (χ4v) is 2.63. The van der Waals surface area contributed by atoms with Crippen LogP contribution >= 0.6 is 23.2 Å². The van der Waals surface area contributed by atoms with Crippen LogP contribution in [0.5, 0.6) is 0 Å². The van der Waals surface area contributed by atoms with E-state index in [9.17, 15) is 5.11 Å². The van der Waals surface area contributed by atoms with Crippen LogP contribution < -0.4 is 0 Å². The molecule has 0 fully saturated rings. The van der Waals surface area contributed by atoms with Crippen LogP contribution in [0.4, 0.5) is 0 Å². The van der Waals surface area contributed by atoms with E-state index in [0.717, 1.165) is 19.3 Å². The van der Waals surface area contributed by atoms with Gasteiger partial charge in [0.2, 0.25) is 0 Å². The third kappa shape index (κ3) is 4.09. The molecule has 86 valence electrons. The second-order valence-corrected chi connectivity index (χ2v) is 12.2. The molecule has 1 N–H and O–H groups in total. The van der Waals surface area contributed by atoms with E-state index in [1.807, 2.05) is 0 Å². The standard InChI is InChI=1S/C10H22Cl2OSi/c1-5-6-7-8-9(13)10(11,12)14(2,3)4/h9,13H,5-8H2,1-4H3. The summed E-state index contributed by atoms with van der Waals surface area (Å²) < 4.78 is -0.916. The van der Waals surface area contributed by atoms with Gasteiger partial charge in [-0.05, 0) is 6.42 Å². The molecule has 14 heavy (non-hydrogen) atoms. The average molecular weight is 257 g/mol. The Morgan fingerprint density at radius 3 is 2.07 bits per heavy atom. The van der Waals surface area contributed by atoms with Gasteiger partial charge in [0.25, 0.3) is 0 Å². The second kappa shape index (κ2) is 5.74. The van der Waals surface area contributed by atoms with Crippen molar-refractivity contribution in [3.05, 3.63) is 0 Å². The number of aliphatic hydroxyl groups excluding tert-OH is 1. The molecule has 1 nitrogen and oxygen atoms in total. The van der Waals surface area contributed by atoms with E-state index in [4.69, 9.17) is 23.2 Å². The Morgan fingerprint density at radius 2 is 1.71 bits per heavy atom. The van der Waals surface area contributed by atoms with Gasteiger partial charge in [-0.15, -0.1) is 23.2 Å². The molecule has 0 aliphatic carbocycles. The van der Waals surface area contributed by atoms with Crippen molar-refractivity contribution in [3.63, 3.8) is 0 Å². The Labute approximate surface area is 98.8 Å². The normalized spacial score (nSPS) is 15.6. The molecule has 0 radical (unpaired) electrons. The van der Waals surface area contributed by atoms with Gasteiger partial charge in [0.15, 0.2) is 0 Å². The first-order valence-corrected chi connectivity index (χ1v) is 9.55. The molecule has 0 spiro atoms. The van der Waals surface area contributed by atoms with E-state index in [0.29, 0.717) is 6.42 Å². The van der Waals surface area contributed by atoms with E-state index in [2.05, 4.69) is 26.6 Å². The highest BCUT2D eigenvalue weighted by Gasteiger charge is 2.45. The summed E-state index contributed by atoms with van der Waals surface area (Å²) in [7, 11) is -1.73. The Morgan fingerprint density at radius 1 is 1.21 bits per heavy atom. The lowest BCUT2D eigenvalue weighted by atomic mass is 10.1. The summed E-state index contributed by atoms with van der Waals surface area (Å²) in [5, 5.41) is 9.91. The molecule has 0 aromatic carbocycles. The van der Waals surface area contributed by atoms with Gasteiger partial charge in [-0.3, -0.25) is 0 Å². The predicted octanol–water partition coefficient (Wildman–Crippen LogP) is 3.98. The van der Waals surface area contributed by atoms with Gasteiger partial charge in [-0.1, -0.05) is 45.8 Å². The highest BCUT2D eigenvalue weighted by atomic mass is 35.5. The predicted molar refractivity (Wildman–Crippen MR) is 67.9 cm³/mol. The van der Waals surface area contributed by atoms with Crippen molar-refractivity contribution in [2.24, 2.45) is 0 Å². The van der Waals surface area contributed by atoms with Crippen molar-refractivity contribution >= 4 is 31.3 Å². The van der Waals surface area contributed by atoms with Crippen LogP contribution in [-0.2, 0) is 0 Å². The van der Waals surface area contributed by atoms with E-state index in [1.54, 1.807) is 0 Å². The molecule has 0 rings (SSSR count). The van der Waals surface area contributed by atoms with Crippen LogP contribution in [0.2, 0.25) is 19.6 Å². The minimum atomic E-state index is -1.73. The maximum atomic E-state index is 9.91. The topological polar surface area (TPSA) is 20.2 Å². The Bertz CT molecular complexity index is 166. The van der Waals surface area contributed by atoms with Crippen molar-refractivity contribution < 1.29 is 5.11 Å². The lowest BCUT2D eigenvalue weighted by Crippen LogP contribution is -2.51. The quantitative estimate of drug-likeness (QED) is 0.433. The van der Waals surface area contributed by atoms with E-state index in [1.165, 1.54) is 0 Å². The molecule has 0 aliphatic rings. The van der Waals surface area contributed by atoms with E-state index >= 15 is 0 Å². The average Bonchev–Trinajstić information content (AvgIpc) is 2.02. The Balaban J connectivity index is 4.15. The number of rotatable bonds is 6. The molecule has 0 aromatic rings. The molecule has 4 heteroatoms. The highest BCUT2D eigenvalue weighted by molar-refractivity contribution is 6.94. The third-order valence-electron chi connectivity index (χ3n) is 2.50. The molecule has 1 atom stereocenters. The molecule has 0 saturated carbocycles. The maximum absolute atomic E-state index is 9.91. The molecule has 0 aromatic heterocycles. The zero-order valence-corrected chi connectivity index (χ0v) is 12.1. The molecular formula is C10H22Cl2OSi. The van der Waals surface area contributed by atoms with Gasteiger partial charge < -0.3 is 5.11 Å². The van der Waals surface area contributed by atoms with E-state index in [-0.39, 0.29) is 0 Å². The molecule has 0 heterocycles. The van der Waals surface area contributed by atoms with Gasteiger partial charge in [0, 0.05) is 0 Å². The van der Waals surface area contributed by atoms with Gasteiger partial charge in [0.05, 0.1) is 14.2 Å². The van der Waals surface area contributed by atoms with E-state index < -0.39 is 18.1 Å². The largest absolute Gasteiger partial charge is 0.390 e. The zero-order chi connectivity index (χ0) is 11.4. The minimum absolute atomic E-state index is 0.580. The lowest BCUT2D eigenvalue weighted by Gasteiger charge is -2.36. The molecule has 0 amide bonds. The van der Waals surface area contributed by atoms with Gasteiger partial charge in [-0.25, -0.2) is 0 Å². The monoisotopic (exact) mass is 256 g/mol. The summed E-state index contributed by atoms with van der Waals surface area (Å²) in [4.78, 5) is 0. The van der Waals surface area contributed by atoms with Crippen LogP contribution in [0, 0.1) is 0 Å². The summed E-state index contributed by atoms with van der Waals surface area (Å²) >= 11 is 12.4. The number of hydrogen-bond donors (Lipinski definition) is 1. The fraction of sp³-hybridized carbons (Fsp3) is 1.00. The summed E-state index contributed by atoms with van der Waals surface area (Å²) in [6, 6.07) is 0. The first-order chi connectivity index (χ1) is 6.23. The number of aliphatic hydroxyl groups is 1. The number of hydrogen-bond acceptors (Lipinski definition) is 1. The van der Waals surface area contributed by atoms with Gasteiger partial charge >= 0.3 is 0 Å². The van der Waals surface area contributed by atoms with Crippen molar-refractivity contribution in [3.8, 4) is 0 Å². The van der Waals surface area contributed by atoms with Gasteiger partial charge in [-0.2, -0.15) is 0 Å². The van der Waals surface area contributed by atoms with Crippen molar-refractivity contribution in [2.75, 3.05) is 0 Å².